The Morgan fingerprint density at radius 1 is 1.61 bits per heavy atom. The van der Waals surface area contributed by atoms with Crippen LogP contribution in [-0.4, -0.2) is 26.1 Å². The van der Waals surface area contributed by atoms with Crippen molar-refractivity contribution in [3.05, 3.63) is 29.6 Å². The summed E-state index contributed by atoms with van der Waals surface area (Å²) in [5.74, 6) is 0.414. The van der Waals surface area contributed by atoms with Gasteiger partial charge in [-0.3, -0.25) is 9.89 Å². The molecular weight excluding hydrogens is 232 g/mol. The number of hydrogen-bond donors (Lipinski definition) is 4. The van der Waals surface area contributed by atoms with Crippen LogP contribution in [0.3, 0.4) is 0 Å². The maximum absolute atomic E-state index is 12.0. The van der Waals surface area contributed by atoms with Gasteiger partial charge in [0.1, 0.15) is 5.82 Å². The van der Waals surface area contributed by atoms with E-state index in [4.69, 9.17) is 5.73 Å². The first-order valence-corrected chi connectivity index (χ1v) is 5.74. The molecule has 0 aliphatic heterocycles. The average molecular weight is 248 g/mol. The van der Waals surface area contributed by atoms with Crippen LogP contribution in [0.2, 0.25) is 0 Å². The van der Waals surface area contributed by atoms with E-state index in [9.17, 15) is 4.79 Å². The van der Waals surface area contributed by atoms with Crippen LogP contribution in [0.15, 0.2) is 12.4 Å². The van der Waals surface area contributed by atoms with Gasteiger partial charge in [0.2, 0.25) is 0 Å². The van der Waals surface area contributed by atoms with E-state index in [0.29, 0.717) is 11.4 Å². The summed E-state index contributed by atoms with van der Waals surface area (Å²) in [7, 11) is 0. The molecule has 0 aliphatic rings. The van der Waals surface area contributed by atoms with Gasteiger partial charge in [0.05, 0.1) is 17.4 Å². The molecule has 2 rings (SSSR count). The van der Waals surface area contributed by atoms with E-state index in [2.05, 4.69) is 25.5 Å². The van der Waals surface area contributed by atoms with Crippen molar-refractivity contribution in [3.63, 3.8) is 0 Å². The lowest BCUT2D eigenvalue weighted by Gasteiger charge is -2.13. The van der Waals surface area contributed by atoms with Crippen LogP contribution in [0.25, 0.3) is 0 Å². The standard InChI is InChI=1S/C11H16N6O/c1-3-7(10-13-4-5-14-10)15-11(18)9-8(12)6(2)16-17-9/h4-5,7H,3,12H2,1-2H3,(H,13,14)(H,15,18)(H,16,17). The van der Waals surface area contributed by atoms with Crippen LogP contribution in [0, 0.1) is 6.92 Å². The highest BCUT2D eigenvalue weighted by Crippen LogP contribution is 2.16. The van der Waals surface area contributed by atoms with E-state index in [-0.39, 0.29) is 17.6 Å². The second kappa shape index (κ2) is 4.91. The molecule has 1 amide bonds. The molecule has 5 N–H and O–H groups in total. The zero-order valence-electron chi connectivity index (χ0n) is 10.3. The number of carbonyl (C=O) groups is 1. The van der Waals surface area contributed by atoms with E-state index in [0.717, 1.165) is 12.2 Å². The number of aromatic nitrogens is 4. The maximum atomic E-state index is 12.0. The number of nitrogens with one attached hydrogen (secondary N) is 3. The summed E-state index contributed by atoms with van der Waals surface area (Å²) in [6.45, 7) is 3.73. The zero-order chi connectivity index (χ0) is 13.1. The number of aryl methyl sites for hydroxylation is 1. The lowest BCUT2D eigenvalue weighted by atomic mass is 10.2. The number of nitrogens with zero attached hydrogens (tertiary/aromatic N) is 2. The number of rotatable bonds is 4. The van der Waals surface area contributed by atoms with Gasteiger partial charge in [-0.1, -0.05) is 6.92 Å². The minimum atomic E-state index is -0.305. The summed E-state index contributed by atoms with van der Waals surface area (Å²) < 4.78 is 0. The minimum Gasteiger partial charge on any atom is -0.395 e. The lowest BCUT2D eigenvalue weighted by molar-refractivity contribution is 0.0929. The fraction of sp³-hybridized carbons (Fsp3) is 0.364. The third-order valence-electron chi connectivity index (χ3n) is 2.77. The van der Waals surface area contributed by atoms with E-state index in [1.165, 1.54) is 0 Å². The van der Waals surface area contributed by atoms with Crippen molar-refractivity contribution >= 4 is 11.6 Å². The summed E-state index contributed by atoms with van der Waals surface area (Å²) in [5, 5.41) is 9.42. The maximum Gasteiger partial charge on any atom is 0.274 e. The molecular formula is C11H16N6O. The van der Waals surface area contributed by atoms with Gasteiger partial charge in [-0.05, 0) is 13.3 Å². The normalized spacial score (nSPS) is 12.3. The average Bonchev–Trinajstić information content (AvgIpc) is 2.98. The fourth-order valence-corrected chi connectivity index (χ4v) is 1.67. The van der Waals surface area contributed by atoms with E-state index in [1.54, 1.807) is 19.3 Å². The number of imidazole rings is 1. The molecule has 0 saturated carbocycles. The Kier molecular flexibility index (Phi) is 3.31. The number of nitrogen functional groups attached to an aromatic ring is 1. The summed E-state index contributed by atoms with van der Waals surface area (Å²) in [6.07, 6.45) is 4.09. The Bertz CT molecular complexity index is 530. The molecule has 0 saturated heterocycles. The number of H-pyrrole nitrogens is 2. The Morgan fingerprint density at radius 3 is 2.89 bits per heavy atom. The van der Waals surface area contributed by atoms with Crippen LogP contribution >= 0.6 is 0 Å². The summed E-state index contributed by atoms with van der Waals surface area (Å²) >= 11 is 0. The van der Waals surface area contributed by atoms with Gasteiger partial charge in [0.15, 0.2) is 5.69 Å². The van der Waals surface area contributed by atoms with Crippen LogP contribution in [-0.2, 0) is 0 Å². The van der Waals surface area contributed by atoms with Gasteiger partial charge in [-0.25, -0.2) is 4.98 Å². The number of amides is 1. The van der Waals surface area contributed by atoms with Crippen molar-refractivity contribution in [3.8, 4) is 0 Å². The molecule has 2 aromatic rings. The first-order chi connectivity index (χ1) is 8.63. The molecule has 1 atom stereocenters. The van der Waals surface area contributed by atoms with Gasteiger partial charge < -0.3 is 16.0 Å². The SMILES string of the molecule is CCC(NC(=O)c1n[nH]c(C)c1N)c1ncc[nH]1. The molecule has 0 fully saturated rings. The molecule has 0 bridgehead atoms. The van der Waals surface area contributed by atoms with Gasteiger partial charge in [-0.15, -0.1) is 0 Å². The molecule has 1 unspecified atom stereocenters. The predicted octanol–water partition coefficient (Wildman–Crippen LogP) is 0.905. The van der Waals surface area contributed by atoms with Crippen LogP contribution in [0.4, 0.5) is 5.69 Å². The first-order valence-electron chi connectivity index (χ1n) is 5.74. The summed E-state index contributed by atoms with van der Waals surface area (Å²) in [5.41, 5.74) is 7.04. The number of carbonyl (C=O) groups excluding carboxylic acids is 1. The Hall–Kier alpha value is -2.31. The quantitative estimate of drug-likeness (QED) is 0.644. The molecule has 18 heavy (non-hydrogen) atoms. The predicted molar refractivity (Wildman–Crippen MR) is 66.8 cm³/mol. The Morgan fingerprint density at radius 2 is 2.39 bits per heavy atom. The van der Waals surface area contributed by atoms with Crippen molar-refractivity contribution in [1.29, 1.82) is 0 Å². The summed E-state index contributed by atoms with van der Waals surface area (Å²) in [4.78, 5) is 19.1. The molecule has 0 aromatic carbocycles. The Balaban J connectivity index is 2.13. The van der Waals surface area contributed by atoms with Crippen LogP contribution in [0.1, 0.15) is 41.4 Å². The van der Waals surface area contributed by atoms with Crippen molar-refractivity contribution in [1.82, 2.24) is 25.5 Å². The van der Waals surface area contributed by atoms with E-state index >= 15 is 0 Å². The van der Waals surface area contributed by atoms with Gasteiger partial charge in [-0.2, -0.15) is 5.10 Å². The smallest absolute Gasteiger partial charge is 0.274 e. The van der Waals surface area contributed by atoms with Crippen molar-refractivity contribution in [2.24, 2.45) is 0 Å². The van der Waals surface area contributed by atoms with Gasteiger partial charge >= 0.3 is 0 Å². The molecule has 0 aliphatic carbocycles. The first kappa shape index (κ1) is 12.2. The van der Waals surface area contributed by atoms with E-state index in [1.807, 2.05) is 6.92 Å². The minimum absolute atomic E-state index is 0.177. The van der Waals surface area contributed by atoms with Gasteiger partial charge in [0.25, 0.3) is 5.91 Å². The molecule has 7 heteroatoms. The highest BCUT2D eigenvalue weighted by molar-refractivity contribution is 5.97. The molecule has 2 aromatic heterocycles. The van der Waals surface area contributed by atoms with Crippen LogP contribution < -0.4 is 11.1 Å². The molecule has 2 heterocycles. The largest absolute Gasteiger partial charge is 0.395 e. The monoisotopic (exact) mass is 248 g/mol. The topological polar surface area (TPSA) is 112 Å². The van der Waals surface area contributed by atoms with Crippen molar-refractivity contribution in [2.45, 2.75) is 26.3 Å². The highest BCUT2D eigenvalue weighted by atomic mass is 16.2. The van der Waals surface area contributed by atoms with E-state index < -0.39 is 0 Å². The van der Waals surface area contributed by atoms with Crippen molar-refractivity contribution in [2.75, 3.05) is 5.73 Å². The number of aromatic amines is 2. The number of anilines is 1. The van der Waals surface area contributed by atoms with Crippen LogP contribution in [0.5, 0.6) is 0 Å². The van der Waals surface area contributed by atoms with Gasteiger partial charge in [0, 0.05) is 12.4 Å². The molecule has 7 nitrogen and oxygen atoms in total. The Labute approximate surface area is 104 Å². The molecule has 96 valence electrons. The lowest BCUT2D eigenvalue weighted by Crippen LogP contribution is -2.29. The number of nitrogens with two attached hydrogens (primary N) is 1. The summed E-state index contributed by atoms with van der Waals surface area (Å²) in [6, 6.07) is -0.177. The second-order valence-electron chi connectivity index (χ2n) is 4.02. The highest BCUT2D eigenvalue weighted by Gasteiger charge is 2.20. The molecule has 0 radical (unpaired) electrons. The van der Waals surface area contributed by atoms with Crippen molar-refractivity contribution < 1.29 is 4.79 Å². The number of hydrogen-bond acceptors (Lipinski definition) is 4. The third kappa shape index (κ3) is 2.20. The second-order valence-corrected chi connectivity index (χ2v) is 4.02. The fourth-order valence-electron chi connectivity index (χ4n) is 1.67. The zero-order valence-corrected chi connectivity index (χ0v) is 10.3. The third-order valence-corrected chi connectivity index (χ3v) is 2.77. The molecule has 0 spiro atoms.